The highest BCUT2D eigenvalue weighted by Gasteiger charge is 2.24. The van der Waals surface area contributed by atoms with E-state index in [4.69, 9.17) is 4.74 Å². The molecule has 2 atom stereocenters. The van der Waals surface area contributed by atoms with Crippen LogP contribution in [0, 0.1) is 10.1 Å². The first kappa shape index (κ1) is 10.8. The summed E-state index contributed by atoms with van der Waals surface area (Å²) in [6, 6.07) is 2.99. The van der Waals surface area contributed by atoms with Crippen molar-refractivity contribution >= 4 is 11.5 Å². The van der Waals surface area contributed by atoms with Crippen molar-refractivity contribution in [2.45, 2.75) is 25.5 Å². The minimum absolute atomic E-state index is 0.0454. The Morgan fingerprint density at radius 3 is 3.12 bits per heavy atom. The average molecular weight is 223 g/mol. The fourth-order valence-corrected chi connectivity index (χ4v) is 1.72. The van der Waals surface area contributed by atoms with Crippen LogP contribution in [-0.2, 0) is 4.74 Å². The SMILES string of the molecule is CC1OCCC1Nc1cc([N+](=O)[O-])ccn1. The number of aromatic nitrogens is 1. The highest BCUT2D eigenvalue weighted by molar-refractivity contribution is 5.45. The molecule has 6 heteroatoms. The molecule has 86 valence electrons. The number of nitro groups is 1. The number of rotatable bonds is 3. The van der Waals surface area contributed by atoms with E-state index in [1.54, 1.807) is 0 Å². The summed E-state index contributed by atoms with van der Waals surface area (Å²) in [5.41, 5.74) is 0.0454. The van der Waals surface area contributed by atoms with E-state index in [2.05, 4.69) is 10.3 Å². The van der Waals surface area contributed by atoms with Gasteiger partial charge in [-0.15, -0.1) is 0 Å². The van der Waals surface area contributed by atoms with Gasteiger partial charge in [0.15, 0.2) is 0 Å². The van der Waals surface area contributed by atoms with Crippen LogP contribution in [0.25, 0.3) is 0 Å². The molecule has 2 heterocycles. The molecule has 0 bridgehead atoms. The summed E-state index contributed by atoms with van der Waals surface area (Å²) in [7, 11) is 0. The summed E-state index contributed by atoms with van der Waals surface area (Å²) < 4.78 is 5.39. The monoisotopic (exact) mass is 223 g/mol. The lowest BCUT2D eigenvalue weighted by atomic mass is 10.1. The number of pyridine rings is 1. The zero-order valence-electron chi connectivity index (χ0n) is 8.92. The Kier molecular flexibility index (Phi) is 3.00. The normalized spacial score (nSPS) is 24.3. The molecule has 1 saturated heterocycles. The Morgan fingerprint density at radius 1 is 1.69 bits per heavy atom. The number of nitrogens with zero attached hydrogens (tertiary/aromatic N) is 2. The number of hydrogen-bond acceptors (Lipinski definition) is 5. The molecule has 0 radical (unpaired) electrons. The minimum Gasteiger partial charge on any atom is -0.376 e. The van der Waals surface area contributed by atoms with Crippen LogP contribution in [0.2, 0.25) is 0 Å². The number of ether oxygens (including phenoxy) is 1. The Hall–Kier alpha value is -1.69. The molecule has 1 fully saturated rings. The van der Waals surface area contributed by atoms with Crippen LogP contribution in [0.4, 0.5) is 11.5 Å². The lowest BCUT2D eigenvalue weighted by Gasteiger charge is -2.16. The van der Waals surface area contributed by atoms with Gasteiger partial charge in [-0.25, -0.2) is 4.98 Å². The van der Waals surface area contributed by atoms with Crippen molar-refractivity contribution in [3.05, 3.63) is 28.4 Å². The predicted molar refractivity (Wildman–Crippen MR) is 58.3 cm³/mol. The first-order valence-electron chi connectivity index (χ1n) is 5.15. The van der Waals surface area contributed by atoms with E-state index in [-0.39, 0.29) is 17.8 Å². The second kappa shape index (κ2) is 4.44. The highest BCUT2D eigenvalue weighted by Crippen LogP contribution is 2.20. The minimum atomic E-state index is -0.429. The summed E-state index contributed by atoms with van der Waals surface area (Å²) in [6.45, 7) is 2.69. The van der Waals surface area contributed by atoms with Crippen molar-refractivity contribution in [3.8, 4) is 0 Å². The van der Waals surface area contributed by atoms with Gasteiger partial charge >= 0.3 is 0 Å². The van der Waals surface area contributed by atoms with Gasteiger partial charge in [-0.2, -0.15) is 0 Å². The van der Waals surface area contributed by atoms with Gasteiger partial charge in [0.25, 0.3) is 5.69 Å². The van der Waals surface area contributed by atoms with Gasteiger partial charge in [0.05, 0.1) is 23.1 Å². The molecular formula is C10H13N3O3. The second-order valence-corrected chi connectivity index (χ2v) is 3.77. The van der Waals surface area contributed by atoms with Crippen LogP contribution < -0.4 is 5.32 Å². The number of anilines is 1. The van der Waals surface area contributed by atoms with Crippen LogP contribution >= 0.6 is 0 Å². The molecule has 1 aromatic rings. The van der Waals surface area contributed by atoms with Gasteiger partial charge < -0.3 is 10.1 Å². The van der Waals surface area contributed by atoms with Gasteiger partial charge in [-0.3, -0.25) is 10.1 Å². The van der Waals surface area contributed by atoms with Crippen LogP contribution in [0.1, 0.15) is 13.3 Å². The fourth-order valence-electron chi connectivity index (χ4n) is 1.72. The first-order chi connectivity index (χ1) is 7.66. The van der Waals surface area contributed by atoms with Crippen LogP contribution in [-0.4, -0.2) is 28.7 Å². The maximum atomic E-state index is 10.6. The maximum absolute atomic E-state index is 10.6. The average Bonchev–Trinajstić information content (AvgIpc) is 2.65. The van der Waals surface area contributed by atoms with E-state index in [1.165, 1.54) is 18.3 Å². The summed E-state index contributed by atoms with van der Waals surface area (Å²) >= 11 is 0. The topological polar surface area (TPSA) is 77.3 Å². The van der Waals surface area contributed by atoms with Crippen LogP contribution in [0.5, 0.6) is 0 Å². The molecule has 1 aliphatic heterocycles. The molecule has 2 rings (SSSR count). The van der Waals surface area contributed by atoms with Crippen molar-refractivity contribution in [1.29, 1.82) is 0 Å². The van der Waals surface area contributed by atoms with E-state index < -0.39 is 4.92 Å². The lowest BCUT2D eigenvalue weighted by Crippen LogP contribution is -2.27. The van der Waals surface area contributed by atoms with Crippen LogP contribution in [0.3, 0.4) is 0 Å². The van der Waals surface area contributed by atoms with Crippen molar-refractivity contribution in [2.24, 2.45) is 0 Å². The zero-order valence-corrected chi connectivity index (χ0v) is 8.92. The Morgan fingerprint density at radius 2 is 2.50 bits per heavy atom. The van der Waals surface area contributed by atoms with Gasteiger partial charge in [0.2, 0.25) is 0 Å². The molecule has 1 N–H and O–H groups in total. The molecule has 0 aromatic carbocycles. The molecule has 0 saturated carbocycles. The summed E-state index contributed by atoms with van der Waals surface area (Å²) in [4.78, 5) is 14.2. The molecule has 16 heavy (non-hydrogen) atoms. The number of nitrogens with one attached hydrogen (secondary N) is 1. The van der Waals surface area contributed by atoms with E-state index in [9.17, 15) is 10.1 Å². The largest absolute Gasteiger partial charge is 0.376 e. The van der Waals surface area contributed by atoms with E-state index in [1.807, 2.05) is 6.92 Å². The summed E-state index contributed by atoms with van der Waals surface area (Å²) in [6.07, 6.45) is 2.44. The smallest absolute Gasteiger partial charge is 0.274 e. The van der Waals surface area contributed by atoms with E-state index >= 15 is 0 Å². The molecular weight excluding hydrogens is 210 g/mol. The van der Waals surface area contributed by atoms with Gasteiger partial charge in [-0.05, 0) is 13.3 Å². The zero-order chi connectivity index (χ0) is 11.5. The molecule has 0 aliphatic carbocycles. The third-order valence-electron chi connectivity index (χ3n) is 2.66. The molecule has 0 amide bonds. The quantitative estimate of drug-likeness (QED) is 0.621. The standard InChI is InChI=1S/C10H13N3O3/c1-7-9(3-5-16-7)12-10-6-8(13(14)15)2-4-11-10/h2,4,6-7,9H,3,5H2,1H3,(H,11,12). The first-order valence-corrected chi connectivity index (χ1v) is 5.15. The van der Waals surface area contributed by atoms with Gasteiger partial charge in [0.1, 0.15) is 5.82 Å². The summed E-state index contributed by atoms with van der Waals surface area (Å²) in [5.74, 6) is 0.525. The van der Waals surface area contributed by atoms with Crippen molar-refractivity contribution in [3.63, 3.8) is 0 Å². The molecule has 2 unspecified atom stereocenters. The van der Waals surface area contributed by atoms with Crippen molar-refractivity contribution < 1.29 is 9.66 Å². The Labute approximate surface area is 92.8 Å². The van der Waals surface area contributed by atoms with Crippen molar-refractivity contribution in [1.82, 2.24) is 4.98 Å². The highest BCUT2D eigenvalue weighted by atomic mass is 16.6. The van der Waals surface area contributed by atoms with Crippen molar-refractivity contribution in [2.75, 3.05) is 11.9 Å². The Bertz CT molecular complexity index is 397. The number of hydrogen-bond donors (Lipinski definition) is 1. The van der Waals surface area contributed by atoms with E-state index in [0.29, 0.717) is 12.4 Å². The van der Waals surface area contributed by atoms with Gasteiger partial charge in [0, 0.05) is 18.9 Å². The predicted octanol–water partition coefficient (Wildman–Crippen LogP) is 1.58. The molecule has 1 aromatic heterocycles. The lowest BCUT2D eigenvalue weighted by molar-refractivity contribution is -0.384. The maximum Gasteiger partial charge on any atom is 0.274 e. The molecule has 6 nitrogen and oxygen atoms in total. The fraction of sp³-hybridized carbons (Fsp3) is 0.500. The molecule has 1 aliphatic rings. The Balaban J connectivity index is 2.09. The van der Waals surface area contributed by atoms with Crippen LogP contribution in [0.15, 0.2) is 18.3 Å². The van der Waals surface area contributed by atoms with E-state index in [0.717, 1.165) is 6.42 Å². The molecule has 0 spiro atoms. The second-order valence-electron chi connectivity index (χ2n) is 3.77. The summed E-state index contributed by atoms with van der Waals surface area (Å²) in [5, 5.41) is 13.7. The van der Waals surface area contributed by atoms with Gasteiger partial charge in [-0.1, -0.05) is 0 Å². The third-order valence-corrected chi connectivity index (χ3v) is 2.66. The third kappa shape index (κ3) is 2.27.